The van der Waals surface area contributed by atoms with Crippen LogP contribution in [0.25, 0.3) is 0 Å². The summed E-state index contributed by atoms with van der Waals surface area (Å²) in [6.45, 7) is 1.82. The molecule has 0 amide bonds. The van der Waals surface area contributed by atoms with Gasteiger partial charge < -0.3 is 26.8 Å². The molecule has 2 aromatic rings. The lowest BCUT2D eigenvalue weighted by Crippen LogP contribution is -2.23. The van der Waals surface area contributed by atoms with Gasteiger partial charge >= 0.3 is 0 Å². The van der Waals surface area contributed by atoms with Crippen LogP contribution in [0, 0.1) is 0 Å². The van der Waals surface area contributed by atoms with Crippen molar-refractivity contribution in [2.75, 3.05) is 42.2 Å². The summed E-state index contributed by atoms with van der Waals surface area (Å²) in [5.74, 6) is 1.52. The van der Waals surface area contributed by atoms with E-state index in [-0.39, 0.29) is 12.6 Å². The molecule has 1 aliphatic carbocycles. The van der Waals surface area contributed by atoms with Gasteiger partial charge in [-0.2, -0.15) is 15.0 Å². The Morgan fingerprint density at radius 3 is 2.16 bits per heavy atom. The number of fused-ring (bicyclic) bond motifs is 1. The van der Waals surface area contributed by atoms with Gasteiger partial charge in [-0.1, -0.05) is 24.3 Å². The first-order valence-corrected chi connectivity index (χ1v) is 8.66. The smallest absolute Gasteiger partial charge is 0.229 e. The Kier molecular flexibility index (Phi) is 5.97. The van der Waals surface area contributed by atoms with Gasteiger partial charge in [0, 0.05) is 32.3 Å². The molecule has 25 heavy (non-hydrogen) atoms. The van der Waals surface area contributed by atoms with E-state index in [0.29, 0.717) is 43.9 Å². The monoisotopic (exact) mass is 343 g/mol. The Hall–Kier alpha value is -2.45. The SMILES string of the molecule is NCCNc1nc(NCCCO)nc(NC2Cc3ccccc3C2)n1. The first kappa shape index (κ1) is 17.4. The van der Waals surface area contributed by atoms with Crippen molar-refractivity contribution < 1.29 is 5.11 Å². The van der Waals surface area contributed by atoms with E-state index in [1.165, 1.54) is 11.1 Å². The van der Waals surface area contributed by atoms with E-state index >= 15 is 0 Å². The van der Waals surface area contributed by atoms with Crippen LogP contribution in [0.1, 0.15) is 17.5 Å². The second kappa shape index (κ2) is 8.59. The third-order valence-corrected chi connectivity index (χ3v) is 4.07. The number of aliphatic hydroxyl groups is 1. The maximum atomic E-state index is 8.91. The van der Waals surface area contributed by atoms with Crippen molar-refractivity contribution in [3.05, 3.63) is 35.4 Å². The predicted molar refractivity (Wildman–Crippen MR) is 98.8 cm³/mol. The number of aromatic nitrogens is 3. The third kappa shape index (κ3) is 4.77. The van der Waals surface area contributed by atoms with Crippen LogP contribution in [0.5, 0.6) is 0 Å². The number of hydrogen-bond acceptors (Lipinski definition) is 8. The first-order valence-electron chi connectivity index (χ1n) is 8.66. The fraction of sp³-hybridized carbons (Fsp3) is 0.471. The summed E-state index contributed by atoms with van der Waals surface area (Å²) < 4.78 is 0. The maximum absolute atomic E-state index is 8.91. The minimum absolute atomic E-state index is 0.127. The topological polar surface area (TPSA) is 121 Å². The van der Waals surface area contributed by atoms with Gasteiger partial charge in [-0.15, -0.1) is 0 Å². The summed E-state index contributed by atoms with van der Waals surface area (Å²) >= 11 is 0. The third-order valence-electron chi connectivity index (χ3n) is 4.07. The summed E-state index contributed by atoms with van der Waals surface area (Å²) in [5.41, 5.74) is 8.28. The number of hydrogen-bond donors (Lipinski definition) is 5. The molecule has 1 aromatic heterocycles. The highest BCUT2D eigenvalue weighted by Crippen LogP contribution is 2.24. The minimum atomic E-state index is 0.127. The quantitative estimate of drug-likeness (QED) is 0.420. The summed E-state index contributed by atoms with van der Waals surface area (Å²) in [7, 11) is 0. The van der Waals surface area contributed by atoms with E-state index in [1.54, 1.807) is 0 Å². The van der Waals surface area contributed by atoms with Crippen LogP contribution >= 0.6 is 0 Å². The van der Waals surface area contributed by atoms with Gasteiger partial charge in [0.2, 0.25) is 17.8 Å². The van der Waals surface area contributed by atoms with E-state index in [9.17, 15) is 0 Å². The molecule has 0 radical (unpaired) electrons. The van der Waals surface area contributed by atoms with Gasteiger partial charge in [-0.25, -0.2) is 0 Å². The Morgan fingerprint density at radius 2 is 1.56 bits per heavy atom. The highest BCUT2D eigenvalue weighted by Gasteiger charge is 2.21. The van der Waals surface area contributed by atoms with E-state index in [1.807, 2.05) is 0 Å². The second-order valence-corrected chi connectivity index (χ2v) is 6.04. The second-order valence-electron chi connectivity index (χ2n) is 6.04. The predicted octanol–water partition coefficient (Wildman–Crippen LogP) is 0.616. The van der Waals surface area contributed by atoms with Crippen LogP contribution in [0.2, 0.25) is 0 Å². The van der Waals surface area contributed by atoms with Crippen LogP contribution in [-0.4, -0.2) is 52.3 Å². The molecule has 6 N–H and O–H groups in total. The van der Waals surface area contributed by atoms with Crippen molar-refractivity contribution in [1.29, 1.82) is 0 Å². The zero-order valence-electron chi connectivity index (χ0n) is 14.2. The van der Waals surface area contributed by atoms with Crippen molar-refractivity contribution in [2.24, 2.45) is 5.73 Å². The lowest BCUT2D eigenvalue weighted by Gasteiger charge is -2.14. The zero-order chi connectivity index (χ0) is 17.5. The minimum Gasteiger partial charge on any atom is -0.396 e. The fourth-order valence-corrected chi connectivity index (χ4v) is 2.91. The first-order chi connectivity index (χ1) is 12.3. The number of rotatable bonds is 9. The van der Waals surface area contributed by atoms with Crippen LogP contribution in [-0.2, 0) is 12.8 Å². The molecule has 0 spiro atoms. The number of anilines is 3. The molecule has 134 valence electrons. The largest absolute Gasteiger partial charge is 0.396 e. The average molecular weight is 343 g/mol. The average Bonchev–Trinajstić information content (AvgIpc) is 3.02. The van der Waals surface area contributed by atoms with Crippen LogP contribution in [0.15, 0.2) is 24.3 Å². The van der Waals surface area contributed by atoms with Crippen molar-refractivity contribution in [1.82, 2.24) is 15.0 Å². The van der Waals surface area contributed by atoms with Gasteiger partial charge in [0.25, 0.3) is 0 Å². The number of aliphatic hydroxyl groups excluding tert-OH is 1. The van der Waals surface area contributed by atoms with Crippen molar-refractivity contribution in [3.63, 3.8) is 0 Å². The Balaban J connectivity index is 1.69. The van der Waals surface area contributed by atoms with Gasteiger partial charge in [0.1, 0.15) is 0 Å². The van der Waals surface area contributed by atoms with Crippen molar-refractivity contribution in [3.8, 4) is 0 Å². The van der Waals surface area contributed by atoms with Gasteiger partial charge in [-0.3, -0.25) is 0 Å². The number of nitrogens with two attached hydrogens (primary N) is 1. The summed E-state index contributed by atoms with van der Waals surface area (Å²) in [6, 6.07) is 8.75. The molecule has 1 aromatic carbocycles. The van der Waals surface area contributed by atoms with Crippen LogP contribution in [0.4, 0.5) is 17.8 Å². The highest BCUT2D eigenvalue weighted by molar-refractivity contribution is 5.44. The van der Waals surface area contributed by atoms with Gasteiger partial charge in [0.05, 0.1) is 0 Å². The molecule has 0 atom stereocenters. The Morgan fingerprint density at radius 1 is 0.960 bits per heavy atom. The van der Waals surface area contributed by atoms with E-state index < -0.39 is 0 Å². The molecular formula is C17H25N7O. The molecular weight excluding hydrogens is 318 g/mol. The molecule has 3 rings (SSSR count). The molecule has 0 unspecified atom stereocenters. The van der Waals surface area contributed by atoms with E-state index in [2.05, 4.69) is 55.2 Å². The van der Waals surface area contributed by atoms with Crippen molar-refractivity contribution in [2.45, 2.75) is 25.3 Å². The lowest BCUT2D eigenvalue weighted by molar-refractivity contribution is 0.292. The number of nitrogens with one attached hydrogen (secondary N) is 3. The number of benzene rings is 1. The molecule has 0 saturated heterocycles. The van der Waals surface area contributed by atoms with Gasteiger partial charge in [-0.05, 0) is 30.4 Å². The van der Waals surface area contributed by atoms with Crippen molar-refractivity contribution >= 4 is 17.8 Å². The molecule has 0 bridgehead atoms. The standard InChI is InChI=1S/C17H25N7O/c18-6-8-20-16-22-15(19-7-3-9-25)23-17(24-16)21-14-10-12-4-1-2-5-13(12)11-14/h1-2,4-5,14,25H,3,6-11,18H2,(H3,19,20,21,22,23,24). The normalized spacial score (nSPS) is 13.5. The Bertz CT molecular complexity index is 669. The van der Waals surface area contributed by atoms with E-state index in [0.717, 1.165) is 12.8 Å². The summed E-state index contributed by atoms with van der Waals surface area (Å²) in [6.07, 6.45) is 2.55. The van der Waals surface area contributed by atoms with Gasteiger partial charge in [0.15, 0.2) is 0 Å². The molecule has 1 heterocycles. The highest BCUT2D eigenvalue weighted by atomic mass is 16.3. The zero-order valence-corrected chi connectivity index (χ0v) is 14.2. The number of nitrogens with zero attached hydrogens (tertiary/aromatic N) is 3. The van der Waals surface area contributed by atoms with Crippen LogP contribution < -0.4 is 21.7 Å². The Labute approximate surface area is 147 Å². The molecule has 0 aliphatic heterocycles. The van der Waals surface area contributed by atoms with Crippen LogP contribution in [0.3, 0.4) is 0 Å². The molecule has 0 fully saturated rings. The summed E-state index contributed by atoms with van der Waals surface area (Å²) in [4.78, 5) is 13.2. The fourth-order valence-electron chi connectivity index (χ4n) is 2.91. The maximum Gasteiger partial charge on any atom is 0.229 e. The summed E-state index contributed by atoms with van der Waals surface area (Å²) in [5, 5.41) is 18.5. The molecule has 1 aliphatic rings. The molecule has 8 heteroatoms. The molecule has 8 nitrogen and oxygen atoms in total. The lowest BCUT2D eigenvalue weighted by atomic mass is 10.1. The van der Waals surface area contributed by atoms with E-state index in [4.69, 9.17) is 10.8 Å². The molecule has 0 saturated carbocycles.